The maximum atomic E-state index is 5.55. The zero-order valence-corrected chi connectivity index (χ0v) is 11.6. The van der Waals surface area contributed by atoms with E-state index in [0.29, 0.717) is 19.1 Å². The lowest BCUT2D eigenvalue weighted by Gasteiger charge is -2.07. The summed E-state index contributed by atoms with van der Waals surface area (Å²) in [7, 11) is 1.67. The second-order valence-corrected chi connectivity index (χ2v) is 4.97. The quantitative estimate of drug-likeness (QED) is 0.757. The molecule has 1 aromatic heterocycles. The Balaban J connectivity index is 1.71. The van der Waals surface area contributed by atoms with Crippen molar-refractivity contribution in [1.29, 1.82) is 0 Å². The molecule has 3 rings (SSSR count). The van der Waals surface area contributed by atoms with Crippen molar-refractivity contribution < 1.29 is 9.47 Å². The van der Waals surface area contributed by atoms with Crippen molar-refractivity contribution in [3.8, 4) is 17.0 Å². The van der Waals surface area contributed by atoms with Gasteiger partial charge in [0.25, 0.3) is 0 Å². The van der Waals surface area contributed by atoms with E-state index < -0.39 is 0 Å². The van der Waals surface area contributed by atoms with Crippen molar-refractivity contribution in [2.24, 2.45) is 0 Å². The summed E-state index contributed by atoms with van der Waals surface area (Å²) in [6.07, 6.45) is 4.16. The lowest BCUT2D eigenvalue weighted by Crippen LogP contribution is -2.03. The highest BCUT2D eigenvalue weighted by atomic mass is 16.5. The molecule has 1 aliphatic carbocycles. The normalized spacial score (nSPS) is 14.2. The molecule has 4 heteroatoms. The zero-order chi connectivity index (χ0) is 13.8. The summed E-state index contributed by atoms with van der Waals surface area (Å²) in [4.78, 5) is 8.70. The molecule has 4 nitrogen and oxygen atoms in total. The van der Waals surface area contributed by atoms with Gasteiger partial charge in [0.05, 0.1) is 12.3 Å². The fraction of sp³-hybridized carbons (Fsp3) is 0.375. The first kappa shape index (κ1) is 13.1. The monoisotopic (exact) mass is 270 g/mol. The van der Waals surface area contributed by atoms with E-state index in [2.05, 4.69) is 16.0 Å². The van der Waals surface area contributed by atoms with Crippen molar-refractivity contribution >= 4 is 0 Å². The fourth-order valence-corrected chi connectivity index (χ4v) is 2.10. The van der Waals surface area contributed by atoms with E-state index in [1.165, 1.54) is 12.8 Å². The molecule has 0 amide bonds. The Labute approximate surface area is 118 Å². The number of ether oxygens (including phenoxy) is 2. The molecule has 0 atom stereocenters. The van der Waals surface area contributed by atoms with Gasteiger partial charge in [0.15, 0.2) is 0 Å². The average molecular weight is 270 g/mol. The van der Waals surface area contributed by atoms with Gasteiger partial charge in [-0.3, -0.25) is 0 Å². The Bertz CT molecular complexity index is 565. The van der Waals surface area contributed by atoms with Crippen LogP contribution in [0.4, 0.5) is 0 Å². The highest BCUT2D eigenvalue weighted by Crippen LogP contribution is 2.39. The van der Waals surface area contributed by atoms with Gasteiger partial charge in [-0.2, -0.15) is 0 Å². The SMILES string of the molecule is COCCOc1ccc(-c2cc(C3CC3)ncn2)cc1. The van der Waals surface area contributed by atoms with Crippen molar-refractivity contribution in [1.82, 2.24) is 9.97 Å². The Morgan fingerprint density at radius 1 is 1.10 bits per heavy atom. The third kappa shape index (κ3) is 3.14. The zero-order valence-electron chi connectivity index (χ0n) is 11.6. The third-order valence-corrected chi connectivity index (χ3v) is 3.39. The van der Waals surface area contributed by atoms with E-state index in [0.717, 1.165) is 22.7 Å². The molecule has 1 aromatic carbocycles. The summed E-state index contributed by atoms with van der Waals surface area (Å²) in [5.41, 5.74) is 3.23. The van der Waals surface area contributed by atoms with E-state index >= 15 is 0 Å². The van der Waals surface area contributed by atoms with Gasteiger partial charge in [-0.15, -0.1) is 0 Å². The Hall–Kier alpha value is -1.94. The first-order valence-electron chi connectivity index (χ1n) is 6.91. The number of aromatic nitrogens is 2. The van der Waals surface area contributed by atoms with Crippen LogP contribution in [0, 0.1) is 0 Å². The molecule has 1 saturated carbocycles. The van der Waals surface area contributed by atoms with Gasteiger partial charge in [0.1, 0.15) is 18.7 Å². The van der Waals surface area contributed by atoms with Crippen molar-refractivity contribution in [2.45, 2.75) is 18.8 Å². The number of nitrogens with zero attached hydrogens (tertiary/aromatic N) is 2. The summed E-state index contributed by atoms with van der Waals surface area (Å²) >= 11 is 0. The minimum absolute atomic E-state index is 0.565. The highest BCUT2D eigenvalue weighted by Gasteiger charge is 2.25. The molecule has 0 saturated heterocycles. The van der Waals surface area contributed by atoms with Crippen LogP contribution in [0.1, 0.15) is 24.5 Å². The molecule has 2 aromatic rings. The molecular weight excluding hydrogens is 252 g/mol. The summed E-state index contributed by atoms with van der Waals surface area (Å²) < 4.78 is 10.5. The maximum Gasteiger partial charge on any atom is 0.119 e. The molecule has 0 spiro atoms. The predicted octanol–water partition coefficient (Wildman–Crippen LogP) is 3.05. The minimum atomic E-state index is 0.565. The van der Waals surface area contributed by atoms with Crippen LogP contribution < -0.4 is 4.74 Å². The van der Waals surface area contributed by atoms with Crippen molar-refractivity contribution in [3.05, 3.63) is 42.4 Å². The van der Waals surface area contributed by atoms with Gasteiger partial charge in [0, 0.05) is 24.3 Å². The van der Waals surface area contributed by atoms with Gasteiger partial charge < -0.3 is 9.47 Å². The average Bonchev–Trinajstić information content (AvgIpc) is 3.33. The van der Waals surface area contributed by atoms with Gasteiger partial charge >= 0.3 is 0 Å². The van der Waals surface area contributed by atoms with E-state index in [9.17, 15) is 0 Å². The second-order valence-electron chi connectivity index (χ2n) is 4.97. The number of benzene rings is 1. The molecule has 0 radical (unpaired) electrons. The number of rotatable bonds is 6. The molecule has 0 bridgehead atoms. The second kappa shape index (κ2) is 6.01. The molecule has 104 valence electrons. The number of hydrogen-bond acceptors (Lipinski definition) is 4. The minimum Gasteiger partial charge on any atom is -0.491 e. The Morgan fingerprint density at radius 3 is 2.60 bits per heavy atom. The van der Waals surface area contributed by atoms with E-state index in [1.54, 1.807) is 13.4 Å². The summed E-state index contributed by atoms with van der Waals surface area (Å²) in [6.45, 7) is 1.16. The molecule has 1 heterocycles. The Morgan fingerprint density at radius 2 is 1.90 bits per heavy atom. The topological polar surface area (TPSA) is 44.2 Å². The highest BCUT2D eigenvalue weighted by molar-refractivity contribution is 5.60. The van der Waals surface area contributed by atoms with Crippen LogP contribution in [0.5, 0.6) is 5.75 Å². The van der Waals surface area contributed by atoms with E-state index in [4.69, 9.17) is 9.47 Å². The molecule has 0 unspecified atom stereocenters. The first-order valence-corrected chi connectivity index (χ1v) is 6.91. The number of hydrogen-bond donors (Lipinski definition) is 0. The molecule has 0 aliphatic heterocycles. The van der Waals surface area contributed by atoms with Crippen LogP contribution in [0.3, 0.4) is 0 Å². The van der Waals surface area contributed by atoms with Crippen molar-refractivity contribution in [3.63, 3.8) is 0 Å². The molecule has 1 aliphatic rings. The predicted molar refractivity (Wildman–Crippen MR) is 76.8 cm³/mol. The lowest BCUT2D eigenvalue weighted by molar-refractivity contribution is 0.146. The van der Waals surface area contributed by atoms with Crippen LogP contribution in [0.15, 0.2) is 36.7 Å². The van der Waals surface area contributed by atoms with Gasteiger partial charge in [-0.25, -0.2) is 9.97 Å². The van der Waals surface area contributed by atoms with Crippen LogP contribution >= 0.6 is 0 Å². The number of methoxy groups -OCH3 is 1. The smallest absolute Gasteiger partial charge is 0.119 e. The molecular formula is C16H18N2O2. The maximum absolute atomic E-state index is 5.55. The summed E-state index contributed by atoms with van der Waals surface area (Å²) in [6, 6.07) is 10.1. The van der Waals surface area contributed by atoms with Crippen LogP contribution in [0.2, 0.25) is 0 Å². The van der Waals surface area contributed by atoms with Crippen molar-refractivity contribution in [2.75, 3.05) is 20.3 Å². The third-order valence-electron chi connectivity index (χ3n) is 3.39. The fourth-order valence-electron chi connectivity index (χ4n) is 2.10. The summed E-state index contributed by atoms with van der Waals surface area (Å²) in [5.74, 6) is 1.50. The largest absolute Gasteiger partial charge is 0.491 e. The Kier molecular flexibility index (Phi) is 3.92. The van der Waals surface area contributed by atoms with Gasteiger partial charge in [-0.05, 0) is 43.2 Å². The van der Waals surface area contributed by atoms with E-state index in [1.807, 2.05) is 24.3 Å². The molecule has 1 fully saturated rings. The molecule has 20 heavy (non-hydrogen) atoms. The van der Waals surface area contributed by atoms with Gasteiger partial charge in [0.2, 0.25) is 0 Å². The van der Waals surface area contributed by atoms with Crippen LogP contribution in [-0.2, 0) is 4.74 Å². The summed E-state index contributed by atoms with van der Waals surface area (Å²) in [5, 5.41) is 0. The van der Waals surface area contributed by atoms with E-state index in [-0.39, 0.29) is 0 Å². The van der Waals surface area contributed by atoms with Gasteiger partial charge in [-0.1, -0.05) is 0 Å². The molecule has 0 N–H and O–H groups in total. The lowest BCUT2D eigenvalue weighted by atomic mass is 10.1. The van der Waals surface area contributed by atoms with Crippen LogP contribution in [-0.4, -0.2) is 30.3 Å². The first-order chi connectivity index (χ1) is 9.86. The van der Waals surface area contributed by atoms with Crippen LogP contribution in [0.25, 0.3) is 11.3 Å². The standard InChI is InChI=1S/C16H18N2O2/c1-19-8-9-20-14-6-4-13(5-7-14)16-10-15(12-2-3-12)17-11-18-16/h4-7,10-12H,2-3,8-9H2,1H3.